The topological polar surface area (TPSA) is 58.8 Å². The first-order chi connectivity index (χ1) is 7.75. The van der Waals surface area contributed by atoms with Crippen LogP contribution in [0.2, 0.25) is 0 Å². The molecule has 0 aliphatic carbocycles. The van der Waals surface area contributed by atoms with Gasteiger partial charge in [0.05, 0.1) is 19.8 Å². The number of hydrogen-bond acceptors (Lipinski definition) is 4. The molecule has 6 heteroatoms. The van der Waals surface area contributed by atoms with Gasteiger partial charge in [0.2, 0.25) is 5.91 Å². The lowest BCUT2D eigenvalue weighted by atomic mass is 10.1. The van der Waals surface area contributed by atoms with Crippen LogP contribution in [0, 0.1) is 0 Å². The molecule has 100 valence electrons. The summed E-state index contributed by atoms with van der Waals surface area (Å²) in [7, 11) is 0. The van der Waals surface area contributed by atoms with Gasteiger partial charge in [-0.2, -0.15) is 0 Å². The number of ether oxygens (including phenoxy) is 1. The molecule has 17 heavy (non-hydrogen) atoms. The molecular formula is C11H22ClN3O2. The van der Waals surface area contributed by atoms with E-state index in [4.69, 9.17) is 10.5 Å². The molecule has 5 nitrogen and oxygen atoms in total. The second-order valence-corrected chi connectivity index (χ2v) is 4.61. The molecular weight excluding hydrogens is 242 g/mol. The Morgan fingerprint density at radius 3 is 2.35 bits per heavy atom. The molecule has 1 amide bonds. The maximum absolute atomic E-state index is 11.9. The van der Waals surface area contributed by atoms with E-state index >= 15 is 0 Å². The first-order valence-corrected chi connectivity index (χ1v) is 6.09. The van der Waals surface area contributed by atoms with Crippen LogP contribution >= 0.6 is 12.4 Å². The number of carbonyl (C=O) groups excluding carboxylic acids is 1. The molecule has 0 atom stereocenters. The van der Waals surface area contributed by atoms with Gasteiger partial charge in [0.1, 0.15) is 0 Å². The lowest BCUT2D eigenvalue weighted by Crippen LogP contribution is -2.48. The predicted octanol–water partition coefficient (Wildman–Crippen LogP) is -0.310. The summed E-state index contributed by atoms with van der Waals surface area (Å²) in [5.41, 5.74) is 5.83. The molecule has 0 bridgehead atoms. The third-order valence-corrected chi connectivity index (χ3v) is 3.35. The summed E-state index contributed by atoms with van der Waals surface area (Å²) in [4.78, 5) is 16.1. The van der Waals surface area contributed by atoms with Crippen LogP contribution in [0.1, 0.15) is 12.8 Å². The molecule has 2 aliphatic heterocycles. The molecule has 2 N–H and O–H groups in total. The second kappa shape index (κ2) is 7.16. The van der Waals surface area contributed by atoms with Crippen molar-refractivity contribution in [2.75, 3.05) is 45.9 Å². The van der Waals surface area contributed by atoms with Crippen LogP contribution in [0.4, 0.5) is 0 Å². The number of likely N-dealkylation sites (tertiary alicyclic amines) is 1. The number of amides is 1. The number of nitrogens with zero attached hydrogens (tertiary/aromatic N) is 2. The summed E-state index contributed by atoms with van der Waals surface area (Å²) in [5.74, 6) is 0.235. The Balaban J connectivity index is 0.00000144. The average Bonchev–Trinajstić information content (AvgIpc) is 2.33. The largest absolute Gasteiger partial charge is 0.378 e. The number of hydrogen-bond donors (Lipinski definition) is 1. The van der Waals surface area contributed by atoms with E-state index in [0.29, 0.717) is 25.8 Å². The molecule has 0 radical (unpaired) electrons. The third-order valence-electron chi connectivity index (χ3n) is 3.35. The van der Waals surface area contributed by atoms with Gasteiger partial charge in [-0.1, -0.05) is 0 Å². The molecule has 0 aromatic heterocycles. The fraction of sp³-hybridized carbons (Fsp3) is 0.909. The van der Waals surface area contributed by atoms with Crippen LogP contribution in [-0.2, 0) is 9.53 Å². The molecule has 0 spiro atoms. The zero-order valence-electron chi connectivity index (χ0n) is 10.1. The van der Waals surface area contributed by atoms with Crippen LogP contribution in [0.5, 0.6) is 0 Å². The number of morpholine rings is 1. The van der Waals surface area contributed by atoms with E-state index < -0.39 is 0 Å². The first-order valence-electron chi connectivity index (χ1n) is 6.09. The Morgan fingerprint density at radius 2 is 1.76 bits per heavy atom. The van der Waals surface area contributed by atoms with Gasteiger partial charge in [-0.3, -0.25) is 9.69 Å². The number of carbonyl (C=O) groups is 1. The minimum absolute atomic E-state index is 0. The average molecular weight is 264 g/mol. The minimum Gasteiger partial charge on any atom is -0.378 e. The summed E-state index contributed by atoms with van der Waals surface area (Å²) >= 11 is 0. The van der Waals surface area contributed by atoms with E-state index in [1.54, 1.807) is 0 Å². The Morgan fingerprint density at radius 1 is 1.18 bits per heavy atom. The van der Waals surface area contributed by atoms with E-state index in [-0.39, 0.29) is 18.3 Å². The van der Waals surface area contributed by atoms with Crippen molar-refractivity contribution in [1.82, 2.24) is 9.80 Å². The van der Waals surface area contributed by atoms with Gasteiger partial charge in [-0.25, -0.2) is 0 Å². The van der Waals surface area contributed by atoms with E-state index in [0.717, 1.165) is 39.0 Å². The Kier molecular flexibility index (Phi) is 6.19. The van der Waals surface area contributed by atoms with Crippen molar-refractivity contribution >= 4 is 18.3 Å². The van der Waals surface area contributed by atoms with Crippen molar-refractivity contribution in [3.63, 3.8) is 0 Å². The van der Waals surface area contributed by atoms with Gasteiger partial charge < -0.3 is 15.4 Å². The maximum Gasteiger partial charge on any atom is 0.236 e. The molecule has 2 aliphatic rings. The zero-order chi connectivity index (χ0) is 11.4. The van der Waals surface area contributed by atoms with E-state index in [2.05, 4.69) is 4.90 Å². The highest BCUT2D eigenvalue weighted by molar-refractivity contribution is 5.85. The first kappa shape index (κ1) is 14.7. The van der Waals surface area contributed by atoms with Crippen molar-refractivity contribution < 1.29 is 9.53 Å². The predicted molar refractivity (Wildman–Crippen MR) is 68.3 cm³/mol. The number of rotatable bonds is 2. The SMILES string of the molecule is Cl.NC1CCN(CC(=O)N2CCOCC2)CC1. The molecule has 0 aromatic rings. The number of nitrogens with two attached hydrogens (primary N) is 1. The van der Waals surface area contributed by atoms with E-state index in [9.17, 15) is 4.79 Å². The van der Waals surface area contributed by atoms with E-state index in [1.807, 2.05) is 4.90 Å². The smallest absolute Gasteiger partial charge is 0.236 e. The normalized spacial score (nSPS) is 23.2. The number of piperidine rings is 1. The van der Waals surface area contributed by atoms with Crippen LogP contribution in [0.3, 0.4) is 0 Å². The Labute approximate surface area is 109 Å². The van der Waals surface area contributed by atoms with Crippen molar-refractivity contribution in [3.8, 4) is 0 Å². The molecule has 0 saturated carbocycles. The summed E-state index contributed by atoms with van der Waals surface area (Å²) in [6, 6.07) is 0.328. The molecule has 0 unspecified atom stereocenters. The van der Waals surface area contributed by atoms with Crippen molar-refractivity contribution in [1.29, 1.82) is 0 Å². The molecule has 2 heterocycles. The fourth-order valence-electron chi connectivity index (χ4n) is 2.22. The second-order valence-electron chi connectivity index (χ2n) is 4.61. The van der Waals surface area contributed by atoms with Gasteiger partial charge in [0, 0.05) is 32.2 Å². The molecule has 2 rings (SSSR count). The highest BCUT2D eigenvalue weighted by atomic mass is 35.5. The minimum atomic E-state index is 0. The quantitative estimate of drug-likeness (QED) is 0.743. The van der Waals surface area contributed by atoms with Gasteiger partial charge in [-0.05, 0) is 12.8 Å². The standard InChI is InChI=1S/C11H21N3O2.ClH/c12-10-1-3-13(4-2-10)9-11(15)14-5-7-16-8-6-14;/h10H,1-9,12H2;1H. The lowest BCUT2D eigenvalue weighted by molar-refractivity contribution is -0.136. The van der Waals surface area contributed by atoms with Crippen LogP contribution in [0.25, 0.3) is 0 Å². The molecule has 2 fully saturated rings. The van der Waals surface area contributed by atoms with Gasteiger partial charge in [-0.15, -0.1) is 12.4 Å². The van der Waals surface area contributed by atoms with Gasteiger partial charge in [0.15, 0.2) is 0 Å². The van der Waals surface area contributed by atoms with Crippen LogP contribution in [0.15, 0.2) is 0 Å². The van der Waals surface area contributed by atoms with Crippen molar-refractivity contribution in [3.05, 3.63) is 0 Å². The van der Waals surface area contributed by atoms with Crippen molar-refractivity contribution in [2.45, 2.75) is 18.9 Å². The number of halogens is 1. The zero-order valence-corrected chi connectivity index (χ0v) is 11.0. The fourth-order valence-corrected chi connectivity index (χ4v) is 2.22. The van der Waals surface area contributed by atoms with Gasteiger partial charge in [0.25, 0.3) is 0 Å². The highest BCUT2D eigenvalue weighted by Gasteiger charge is 2.22. The highest BCUT2D eigenvalue weighted by Crippen LogP contribution is 2.08. The van der Waals surface area contributed by atoms with Crippen LogP contribution < -0.4 is 5.73 Å². The Hall–Kier alpha value is -0.360. The summed E-state index contributed by atoms with van der Waals surface area (Å²) in [5, 5.41) is 0. The van der Waals surface area contributed by atoms with Crippen molar-refractivity contribution in [2.24, 2.45) is 5.73 Å². The molecule has 0 aromatic carbocycles. The Bertz CT molecular complexity index is 239. The summed E-state index contributed by atoms with van der Waals surface area (Å²) < 4.78 is 5.23. The van der Waals surface area contributed by atoms with E-state index in [1.165, 1.54) is 0 Å². The van der Waals surface area contributed by atoms with Gasteiger partial charge >= 0.3 is 0 Å². The summed E-state index contributed by atoms with van der Waals surface area (Å²) in [6.45, 7) is 5.30. The summed E-state index contributed by atoms with van der Waals surface area (Å²) in [6.07, 6.45) is 2.02. The molecule has 2 saturated heterocycles. The maximum atomic E-state index is 11.9. The third kappa shape index (κ3) is 4.43. The lowest BCUT2D eigenvalue weighted by Gasteiger charge is -2.33. The monoisotopic (exact) mass is 263 g/mol. The van der Waals surface area contributed by atoms with Crippen LogP contribution in [-0.4, -0.2) is 67.7 Å².